The second-order valence-electron chi connectivity index (χ2n) is 5.80. The normalized spacial score (nSPS) is 13.1. The van der Waals surface area contributed by atoms with Crippen LogP contribution in [0.15, 0.2) is 18.2 Å². The Balaban J connectivity index is 2.73. The average molecular weight is 267 g/mol. The molecule has 0 fully saturated rings. The Kier molecular flexibility index (Phi) is 4.72. The summed E-state index contributed by atoms with van der Waals surface area (Å²) in [5.41, 5.74) is 5.88. The monoisotopic (exact) mass is 267 g/mol. The van der Waals surface area contributed by atoms with Crippen LogP contribution in [0.1, 0.15) is 27.2 Å². The molecule has 1 rings (SSSR count). The maximum Gasteiger partial charge on any atom is 0.314 e. The third kappa shape index (κ3) is 4.75. The molecule has 0 aliphatic rings. The van der Waals surface area contributed by atoms with Gasteiger partial charge in [-0.2, -0.15) is 0 Å². The van der Waals surface area contributed by atoms with E-state index >= 15 is 0 Å². The minimum absolute atomic E-state index is 0.00272. The fraction of sp³-hybridized carbons (Fsp3) is 0.538. The second-order valence-corrected chi connectivity index (χ2v) is 5.80. The van der Waals surface area contributed by atoms with Gasteiger partial charge in [0.05, 0.1) is 11.0 Å². The quantitative estimate of drug-likeness (QED) is 0.432. The summed E-state index contributed by atoms with van der Waals surface area (Å²) < 4.78 is 0. The molecule has 0 aliphatic heterocycles. The summed E-state index contributed by atoms with van der Waals surface area (Å²) in [7, 11) is 0. The topological polar surface area (TPSA) is 101 Å². The summed E-state index contributed by atoms with van der Waals surface area (Å²) in [5, 5.41) is 23.7. The van der Waals surface area contributed by atoms with Crippen LogP contribution >= 0.6 is 0 Å². The number of hydrogen-bond acceptors (Lipinski definition) is 5. The van der Waals surface area contributed by atoms with Crippen LogP contribution < -0.4 is 11.1 Å². The molecule has 0 saturated heterocycles. The lowest BCUT2D eigenvalue weighted by Crippen LogP contribution is -2.25. The molecule has 1 atom stereocenters. The van der Waals surface area contributed by atoms with Gasteiger partial charge in [-0.15, -0.1) is 0 Å². The number of rotatable bonds is 5. The lowest BCUT2D eigenvalue weighted by atomic mass is 9.89. The summed E-state index contributed by atoms with van der Waals surface area (Å²) in [6.45, 7) is 6.33. The molecule has 0 aromatic heterocycles. The largest absolute Gasteiger partial charge is 0.393 e. The standard InChI is InChI=1S/C13H21N3O3/c1-13(2,3)7-9(17)8-15-11-6-4-5-10(14)12(11)16(18)19/h4-6,9,15,17H,7-8,14H2,1-3H3. The number of anilines is 2. The van der Waals surface area contributed by atoms with E-state index in [0.717, 1.165) is 0 Å². The predicted octanol–water partition coefficient (Wildman–Crippen LogP) is 2.39. The molecule has 0 heterocycles. The van der Waals surface area contributed by atoms with E-state index in [2.05, 4.69) is 5.32 Å². The van der Waals surface area contributed by atoms with E-state index in [1.807, 2.05) is 20.8 Å². The number of nitrogen functional groups attached to an aromatic ring is 1. The van der Waals surface area contributed by atoms with Gasteiger partial charge >= 0.3 is 5.69 Å². The molecule has 1 aromatic carbocycles. The van der Waals surface area contributed by atoms with Crippen molar-refractivity contribution < 1.29 is 10.0 Å². The molecule has 0 radical (unpaired) electrons. The van der Waals surface area contributed by atoms with Crippen LogP contribution in [0, 0.1) is 15.5 Å². The molecule has 19 heavy (non-hydrogen) atoms. The summed E-state index contributed by atoms with van der Waals surface area (Å²) in [6.07, 6.45) is 0.0388. The number of nitro groups is 1. The molecule has 4 N–H and O–H groups in total. The molecule has 1 unspecified atom stereocenters. The highest BCUT2D eigenvalue weighted by Crippen LogP contribution is 2.30. The number of nitro benzene ring substituents is 1. The highest BCUT2D eigenvalue weighted by molar-refractivity contribution is 5.74. The number of para-hydroxylation sites is 1. The van der Waals surface area contributed by atoms with Crippen LogP contribution in [0.3, 0.4) is 0 Å². The van der Waals surface area contributed by atoms with Gasteiger partial charge in [0.1, 0.15) is 11.4 Å². The van der Waals surface area contributed by atoms with Crippen LogP contribution in [0.2, 0.25) is 0 Å². The minimum atomic E-state index is -0.568. The Morgan fingerprint density at radius 1 is 1.47 bits per heavy atom. The van der Waals surface area contributed by atoms with Crippen molar-refractivity contribution >= 4 is 17.1 Å². The third-order valence-corrected chi connectivity index (χ3v) is 2.63. The molecule has 106 valence electrons. The maximum absolute atomic E-state index is 10.9. The van der Waals surface area contributed by atoms with Gasteiger partial charge in [-0.05, 0) is 24.0 Å². The van der Waals surface area contributed by atoms with Crippen molar-refractivity contribution in [1.29, 1.82) is 0 Å². The van der Waals surface area contributed by atoms with E-state index in [9.17, 15) is 15.2 Å². The van der Waals surface area contributed by atoms with Crippen molar-refractivity contribution in [3.8, 4) is 0 Å². The Hall–Kier alpha value is -1.82. The highest BCUT2D eigenvalue weighted by Gasteiger charge is 2.20. The van der Waals surface area contributed by atoms with Gasteiger partial charge in [0.15, 0.2) is 0 Å². The lowest BCUT2D eigenvalue weighted by molar-refractivity contribution is -0.383. The summed E-state index contributed by atoms with van der Waals surface area (Å²) in [4.78, 5) is 10.4. The smallest absolute Gasteiger partial charge is 0.314 e. The van der Waals surface area contributed by atoms with E-state index < -0.39 is 11.0 Å². The highest BCUT2D eigenvalue weighted by atomic mass is 16.6. The molecule has 0 bridgehead atoms. The number of benzene rings is 1. The molecule has 0 spiro atoms. The van der Waals surface area contributed by atoms with Crippen molar-refractivity contribution in [1.82, 2.24) is 0 Å². The van der Waals surface area contributed by atoms with E-state index in [1.54, 1.807) is 12.1 Å². The van der Waals surface area contributed by atoms with Crippen LogP contribution in [-0.4, -0.2) is 22.7 Å². The van der Waals surface area contributed by atoms with E-state index in [-0.39, 0.29) is 23.3 Å². The number of nitrogens with two attached hydrogens (primary N) is 1. The Morgan fingerprint density at radius 3 is 2.63 bits per heavy atom. The average Bonchev–Trinajstić information content (AvgIpc) is 2.23. The van der Waals surface area contributed by atoms with Gasteiger partial charge < -0.3 is 16.2 Å². The summed E-state index contributed by atoms with van der Waals surface area (Å²) in [5.74, 6) is 0. The first kappa shape index (κ1) is 15.2. The molecule has 1 aromatic rings. The van der Waals surface area contributed by atoms with Gasteiger partial charge in [-0.3, -0.25) is 10.1 Å². The lowest BCUT2D eigenvalue weighted by Gasteiger charge is -2.22. The zero-order valence-corrected chi connectivity index (χ0v) is 11.5. The van der Waals surface area contributed by atoms with Crippen LogP contribution in [-0.2, 0) is 0 Å². The number of aliphatic hydroxyl groups excluding tert-OH is 1. The number of hydrogen-bond donors (Lipinski definition) is 3. The number of nitrogens with one attached hydrogen (secondary N) is 1. The fourth-order valence-electron chi connectivity index (χ4n) is 1.91. The van der Waals surface area contributed by atoms with Crippen molar-refractivity contribution in [2.45, 2.75) is 33.3 Å². The summed E-state index contributed by atoms with van der Waals surface area (Å²) >= 11 is 0. The Labute approximate surface area is 112 Å². The number of aliphatic hydroxyl groups is 1. The van der Waals surface area contributed by atoms with Gasteiger partial charge in [-0.1, -0.05) is 26.8 Å². The van der Waals surface area contributed by atoms with Crippen LogP contribution in [0.4, 0.5) is 17.1 Å². The zero-order valence-electron chi connectivity index (χ0n) is 11.5. The molecular weight excluding hydrogens is 246 g/mol. The van der Waals surface area contributed by atoms with Gasteiger partial charge in [0.2, 0.25) is 0 Å². The molecule has 0 amide bonds. The SMILES string of the molecule is CC(C)(C)CC(O)CNc1cccc(N)c1[N+](=O)[O-]. The molecule has 6 heteroatoms. The minimum Gasteiger partial charge on any atom is -0.393 e. The van der Waals surface area contributed by atoms with E-state index in [0.29, 0.717) is 12.1 Å². The maximum atomic E-state index is 10.9. The first-order chi connectivity index (χ1) is 8.70. The van der Waals surface area contributed by atoms with Crippen molar-refractivity contribution in [2.24, 2.45) is 5.41 Å². The fourth-order valence-corrected chi connectivity index (χ4v) is 1.91. The molecular formula is C13H21N3O3. The first-order valence-corrected chi connectivity index (χ1v) is 6.15. The van der Waals surface area contributed by atoms with E-state index in [1.165, 1.54) is 6.07 Å². The second kappa shape index (κ2) is 5.88. The number of nitrogens with zero attached hydrogens (tertiary/aromatic N) is 1. The van der Waals surface area contributed by atoms with Gasteiger partial charge in [-0.25, -0.2) is 0 Å². The molecule has 0 aliphatic carbocycles. The Bertz CT molecular complexity index is 455. The van der Waals surface area contributed by atoms with Gasteiger partial charge in [0.25, 0.3) is 0 Å². The van der Waals surface area contributed by atoms with Crippen molar-refractivity contribution in [3.05, 3.63) is 28.3 Å². The van der Waals surface area contributed by atoms with Crippen LogP contribution in [0.5, 0.6) is 0 Å². The van der Waals surface area contributed by atoms with Crippen LogP contribution in [0.25, 0.3) is 0 Å². The first-order valence-electron chi connectivity index (χ1n) is 6.15. The third-order valence-electron chi connectivity index (χ3n) is 2.63. The Morgan fingerprint density at radius 2 is 2.11 bits per heavy atom. The van der Waals surface area contributed by atoms with Crippen molar-refractivity contribution in [3.63, 3.8) is 0 Å². The van der Waals surface area contributed by atoms with Gasteiger partial charge in [0, 0.05) is 6.54 Å². The molecule has 0 saturated carbocycles. The summed E-state index contributed by atoms with van der Waals surface area (Å²) in [6, 6.07) is 4.70. The van der Waals surface area contributed by atoms with Crippen molar-refractivity contribution in [2.75, 3.05) is 17.6 Å². The zero-order chi connectivity index (χ0) is 14.6. The van der Waals surface area contributed by atoms with E-state index in [4.69, 9.17) is 5.73 Å². The molecule has 6 nitrogen and oxygen atoms in total. The predicted molar refractivity (Wildman–Crippen MR) is 76.1 cm³/mol.